The minimum Gasteiger partial charge on any atom is -0.393 e. The first-order chi connectivity index (χ1) is 8.19. The van der Waals surface area contributed by atoms with Crippen LogP contribution >= 0.6 is 0 Å². The minimum absolute atomic E-state index is 0.0496. The highest BCUT2D eigenvalue weighted by Gasteiger charge is 2.27. The molecule has 0 spiro atoms. The molecule has 3 nitrogen and oxygen atoms in total. The number of hydrogen-bond donors (Lipinski definition) is 2. The van der Waals surface area contributed by atoms with Crippen LogP contribution < -0.4 is 10.2 Å². The molecule has 0 aliphatic heterocycles. The third kappa shape index (κ3) is 3.20. The van der Waals surface area contributed by atoms with Crippen LogP contribution in [0, 0.1) is 5.92 Å². The van der Waals surface area contributed by atoms with Crippen molar-refractivity contribution in [2.45, 2.75) is 25.5 Å². The number of rotatable bonds is 5. The largest absolute Gasteiger partial charge is 0.393 e. The number of nitrogens with zero attached hydrogens (tertiary/aromatic N) is 1. The Balaban J connectivity index is 1.87. The van der Waals surface area contributed by atoms with Gasteiger partial charge in [0, 0.05) is 25.8 Å². The van der Waals surface area contributed by atoms with Crippen molar-refractivity contribution in [3.63, 3.8) is 0 Å². The van der Waals surface area contributed by atoms with E-state index in [2.05, 4.69) is 41.5 Å². The van der Waals surface area contributed by atoms with Gasteiger partial charge in [0.1, 0.15) is 0 Å². The van der Waals surface area contributed by atoms with Gasteiger partial charge in [-0.05, 0) is 43.5 Å². The van der Waals surface area contributed by atoms with E-state index < -0.39 is 0 Å². The van der Waals surface area contributed by atoms with Gasteiger partial charge >= 0.3 is 0 Å². The average molecular weight is 234 g/mol. The van der Waals surface area contributed by atoms with Gasteiger partial charge in [0.15, 0.2) is 0 Å². The minimum atomic E-state index is -0.0496. The van der Waals surface area contributed by atoms with E-state index in [4.69, 9.17) is 0 Å². The monoisotopic (exact) mass is 234 g/mol. The number of anilines is 1. The van der Waals surface area contributed by atoms with Crippen molar-refractivity contribution in [3.05, 3.63) is 29.8 Å². The van der Waals surface area contributed by atoms with Crippen molar-refractivity contribution in [2.75, 3.05) is 25.5 Å². The third-order valence-electron chi connectivity index (χ3n) is 3.50. The van der Waals surface area contributed by atoms with Crippen LogP contribution in [0.25, 0.3) is 0 Å². The molecule has 2 rings (SSSR count). The van der Waals surface area contributed by atoms with E-state index in [-0.39, 0.29) is 6.10 Å². The molecular weight excluding hydrogens is 212 g/mol. The van der Waals surface area contributed by atoms with Crippen molar-refractivity contribution in [1.29, 1.82) is 0 Å². The highest BCUT2D eigenvalue weighted by molar-refractivity contribution is 5.47. The molecule has 94 valence electrons. The van der Waals surface area contributed by atoms with Crippen LogP contribution in [0.3, 0.4) is 0 Å². The number of benzene rings is 1. The molecule has 0 amide bonds. The summed E-state index contributed by atoms with van der Waals surface area (Å²) in [6, 6.07) is 8.67. The Bertz CT molecular complexity index is 344. The second kappa shape index (κ2) is 5.52. The molecule has 0 unspecified atom stereocenters. The Labute approximate surface area is 103 Å². The summed E-state index contributed by atoms with van der Waals surface area (Å²) in [5.74, 6) is 0.659. The summed E-state index contributed by atoms with van der Waals surface area (Å²) in [6.45, 7) is 1.96. The Morgan fingerprint density at radius 1 is 1.29 bits per heavy atom. The highest BCUT2D eigenvalue weighted by Crippen LogP contribution is 2.29. The zero-order chi connectivity index (χ0) is 12.3. The molecule has 0 radical (unpaired) electrons. The van der Waals surface area contributed by atoms with Gasteiger partial charge < -0.3 is 15.3 Å². The molecule has 2 N–H and O–H groups in total. The quantitative estimate of drug-likeness (QED) is 0.812. The molecule has 0 aromatic heterocycles. The molecule has 0 heterocycles. The number of nitrogens with one attached hydrogen (secondary N) is 1. The first kappa shape index (κ1) is 12.4. The van der Waals surface area contributed by atoms with Crippen molar-refractivity contribution in [1.82, 2.24) is 5.32 Å². The van der Waals surface area contributed by atoms with Crippen LogP contribution in [-0.4, -0.2) is 31.9 Å². The van der Waals surface area contributed by atoms with Crippen molar-refractivity contribution in [2.24, 2.45) is 5.92 Å². The predicted molar refractivity (Wildman–Crippen MR) is 71.2 cm³/mol. The maximum absolute atomic E-state index is 9.27. The fourth-order valence-corrected chi connectivity index (χ4v) is 2.41. The standard InChI is InChI=1S/C14H22N2O/c1-15-9-11-3-5-13(6-4-11)16(2)10-12-7-14(17)8-12/h3-6,12,14-15,17H,7-10H2,1-2H3. The molecule has 3 heteroatoms. The van der Waals surface area contributed by atoms with E-state index in [1.807, 2.05) is 7.05 Å². The van der Waals surface area contributed by atoms with Crippen LogP contribution in [0.1, 0.15) is 18.4 Å². The van der Waals surface area contributed by atoms with E-state index in [1.54, 1.807) is 0 Å². The molecule has 17 heavy (non-hydrogen) atoms. The van der Waals surface area contributed by atoms with Gasteiger partial charge in [0.25, 0.3) is 0 Å². The summed E-state index contributed by atoms with van der Waals surface area (Å²) in [4.78, 5) is 2.28. The summed E-state index contributed by atoms with van der Waals surface area (Å²) in [5.41, 5.74) is 2.56. The first-order valence-corrected chi connectivity index (χ1v) is 6.31. The lowest BCUT2D eigenvalue weighted by atomic mass is 9.82. The molecule has 1 aromatic rings. The zero-order valence-corrected chi connectivity index (χ0v) is 10.7. The van der Waals surface area contributed by atoms with Gasteiger partial charge in [0.2, 0.25) is 0 Å². The summed E-state index contributed by atoms with van der Waals surface area (Å²) in [7, 11) is 4.08. The predicted octanol–water partition coefficient (Wildman–Crippen LogP) is 1.61. The van der Waals surface area contributed by atoms with Gasteiger partial charge in [-0.3, -0.25) is 0 Å². The third-order valence-corrected chi connectivity index (χ3v) is 3.50. The lowest BCUT2D eigenvalue weighted by Gasteiger charge is -2.35. The SMILES string of the molecule is CNCc1ccc(N(C)CC2CC(O)C2)cc1. The smallest absolute Gasteiger partial charge is 0.0546 e. The van der Waals surface area contributed by atoms with Crippen LogP contribution in [0.5, 0.6) is 0 Å². The Morgan fingerprint density at radius 3 is 2.47 bits per heavy atom. The van der Waals surface area contributed by atoms with Crippen molar-refractivity contribution in [3.8, 4) is 0 Å². The van der Waals surface area contributed by atoms with Crippen LogP contribution in [0.15, 0.2) is 24.3 Å². The molecule has 0 bridgehead atoms. The lowest BCUT2D eigenvalue weighted by Crippen LogP contribution is -2.37. The zero-order valence-electron chi connectivity index (χ0n) is 10.7. The lowest BCUT2D eigenvalue weighted by molar-refractivity contribution is 0.0465. The maximum Gasteiger partial charge on any atom is 0.0546 e. The molecule has 1 fully saturated rings. The Morgan fingerprint density at radius 2 is 1.94 bits per heavy atom. The van der Waals surface area contributed by atoms with Gasteiger partial charge in [0.05, 0.1) is 6.10 Å². The molecule has 1 saturated carbocycles. The summed E-state index contributed by atoms with van der Waals surface area (Å²) >= 11 is 0. The molecule has 1 aliphatic rings. The molecule has 1 aromatic carbocycles. The molecule has 1 aliphatic carbocycles. The van der Waals surface area contributed by atoms with E-state index in [0.29, 0.717) is 5.92 Å². The molecule has 0 saturated heterocycles. The molecule has 0 atom stereocenters. The summed E-state index contributed by atoms with van der Waals surface area (Å²) in [5, 5.41) is 12.4. The van der Waals surface area contributed by atoms with Gasteiger partial charge in [-0.2, -0.15) is 0 Å². The van der Waals surface area contributed by atoms with E-state index in [1.165, 1.54) is 11.3 Å². The molecular formula is C14H22N2O. The van der Waals surface area contributed by atoms with Crippen LogP contribution in [0.4, 0.5) is 5.69 Å². The Kier molecular flexibility index (Phi) is 4.02. The van der Waals surface area contributed by atoms with Crippen molar-refractivity contribution >= 4 is 5.69 Å². The second-order valence-electron chi connectivity index (χ2n) is 5.07. The van der Waals surface area contributed by atoms with E-state index in [9.17, 15) is 5.11 Å². The van der Waals surface area contributed by atoms with Crippen LogP contribution in [0.2, 0.25) is 0 Å². The van der Waals surface area contributed by atoms with Crippen molar-refractivity contribution < 1.29 is 5.11 Å². The van der Waals surface area contributed by atoms with Gasteiger partial charge in [-0.25, -0.2) is 0 Å². The average Bonchev–Trinajstić information content (AvgIpc) is 2.28. The number of hydrogen-bond acceptors (Lipinski definition) is 3. The topological polar surface area (TPSA) is 35.5 Å². The normalized spacial score (nSPS) is 23.2. The van der Waals surface area contributed by atoms with Gasteiger partial charge in [-0.15, -0.1) is 0 Å². The fraction of sp³-hybridized carbons (Fsp3) is 0.571. The van der Waals surface area contributed by atoms with E-state index in [0.717, 1.165) is 25.9 Å². The summed E-state index contributed by atoms with van der Waals surface area (Å²) < 4.78 is 0. The second-order valence-corrected chi connectivity index (χ2v) is 5.07. The van der Waals surface area contributed by atoms with E-state index >= 15 is 0 Å². The first-order valence-electron chi connectivity index (χ1n) is 6.31. The fourth-order valence-electron chi connectivity index (χ4n) is 2.41. The maximum atomic E-state index is 9.27. The van der Waals surface area contributed by atoms with Crippen LogP contribution in [-0.2, 0) is 6.54 Å². The number of aliphatic hydroxyl groups excluding tert-OH is 1. The van der Waals surface area contributed by atoms with Gasteiger partial charge in [-0.1, -0.05) is 12.1 Å². The Hall–Kier alpha value is -1.06. The summed E-state index contributed by atoms with van der Waals surface area (Å²) in [6.07, 6.45) is 1.87. The number of aliphatic hydroxyl groups is 1. The highest BCUT2D eigenvalue weighted by atomic mass is 16.3.